The number of aromatic nitrogens is 3. The van der Waals surface area contributed by atoms with Crippen LogP contribution in [0, 0.1) is 18.7 Å². The molecule has 0 aromatic carbocycles. The van der Waals surface area contributed by atoms with E-state index in [2.05, 4.69) is 15.0 Å². The van der Waals surface area contributed by atoms with Crippen molar-refractivity contribution >= 4 is 17.6 Å². The fourth-order valence-corrected chi connectivity index (χ4v) is 4.01. The Hall–Kier alpha value is -3.14. The van der Waals surface area contributed by atoms with Crippen LogP contribution in [0.3, 0.4) is 0 Å². The summed E-state index contributed by atoms with van der Waals surface area (Å²) in [6.07, 6.45) is 5.92. The molecule has 0 saturated carbocycles. The summed E-state index contributed by atoms with van der Waals surface area (Å²) in [7, 11) is 0. The van der Waals surface area contributed by atoms with Gasteiger partial charge in [-0.15, -0.1) is 0 Å². The van der Waals surface area contributed by atoms with Gasteiger partial charge in [0.15, 0.2) is 0 Å². The Morgan fingerprint density at radius 1 is 1.20 bits per heavy atom. The molecule has 2 aromatic rings. The van der Waals surface area contributed by atoms with E-state index < -0.39 is 5.91 Å². The average Bonchev–Trinajstić information content (AvgIpc) is 3.25. The van der Waals surface area contributed by atoms with Crippen LogP contribution in [0.25, 0.3) is 0 Å². The number of primary amides is 1. The highest BCUT2D eigenvalue weighted by molar-refractivity contribution is 5.91. The SMILES string of the molecule is Cc1c(F)cncc1C1CCON1C(=O)C1CCN(c2cc(C(N)=O)ncn2)CC1. The van der Waals surface area contributed by atoms with Crippen molar-refractivity contribution in [2.45, 2.75) is 32.2 Å². The topological polar surface area (TPSA) is 115 Å². The molecule has 10 heteroatoms. The lowest BCUT2D eigenvalue weighted by atomic mass is 9.94. The zero-order valence-electron chi connectivity index (χ0n) is 16.6. The van der Waals surface area contributed by atoms with E-state index in [0.717, 1.165) is 0 Å². The number of anilines is 1. The molecule has 9 nitrogen and oxygen atoms in total. The number of hydrogen-bond acceptors (Lipinski definition) is 7. The summed E-state index contributed by atoms with van der Waals surface area (Å²) in [5, 5.41) is 1.40. The Bertz CT molecular complexity index is 963. The van der Waals surface area contributed by atoms with Crippen molar-refractivity contribution in [3.05, 3.63) is 47.4 Å². The smallest absolute Gasteiger partial charge is 0.267 e. The van der Waals surface area contributed by atoms with Crippen LogP contribution >= 0.6 is 0 Å². The second-order valence-electron chi connectivity index (χ2n) is 7.52. The van der Waals surface area contributed by atoms with Crippen molar-refractivity contribution in [3.8, 4) is 0 Å². The molecule has 30 heavy (non-hydrogen) atoms. The van der Waals surface area contributed by atoms with Gasteiger partial charge < -0.3 is 10.6 Å². The van der Waals surface area contributed by atoms with Gasteiger partial charge in [0.2, 0.25) is 5.91 Å². The summed E-state index contributed by atoms with van der Waals surface area (Å²) in [4.78, 5) is 44.1. The van der Waals surface area contributed by atoms with Gasteiger partial charge in [-0.1, -0.05) is 0 Å². The van der Waals surface area contributed by atoms with E-state index in [1.165, 1.54) is 17.6 Å². The molecule has 2 aromatic heterocycles. The van der Waals surface area contributed by atoms with Gasteiger partial charge in [-0.3, -0.25) is 19.4 Å². The van der Waals surface area contributed by atoms with E-state index in [9.17, 15) is 14.0 Å². The van der Waals surface area contributed by atoms with Crippen molar-refractivity contribution in [2.24, 2.45) is 11.7 Å². The predicted octanol–water partition coefficient (Wildman–Crippen LogP) is 1.54. The van der Waals surface area contributed by atoms with Crippen molar-refractivity contribution in [3.63, 3.8) is 0 Å². The number of halogens is 1. The van der Waals surface area contributed by atoms with Crippen LogP contribution in [0.15, 0.2) is 24.8 Å². The van der Waals surface area contributed by atoms with E-state index in [0.29, 0.717) is 55.9 Å². The second kappa shape index (κ2) is 8.31. The highest BCUT2D eigenvalue weighted by atomic mass is 19.1. The molecule has 2 aliphatic heterocycles. The summed E-state index contributed by atoms with van der Waals surface area (Å²) >= 11 is 0. The van der Waals surface area contributed by atoms with Gasteiger partial charge in [0.25, 0.3) is 5.91 Å². The molecule has 1 atom stereocenters. The number of amides is 2. The van der Waals surface area contributed by atoms with E-state index >= 15 is 0 Å². The molecule has 2 N–H and O–H groups in total. The summed E-state index contributed by atoms with van der Waals surface area (Å²) in [5.74, 6) is -0.688. The van der Waals surface area contributed by atoms with Gasteiger partial charge >= 0.3 is 0 Å². The van der Waals surface area contributed by atoms with Gasteiger partial charge in [0, 0.05) is 43.3 Å². The number of hydroxylamine groups is 2. The molecular formula is C20H23FN6O3. The predicted molar refractivity (Wildman–Crippen MR) is 105 cm³/mol. The number of nitrogens with zero attached hydrogens (tertiary/aromatic N) is 5. The normalized spacial score (nSPS) is 19.9. The monoisotopic (exact) mass is 414 g/mol. The lowest BCUT2D eigenvalue weighted by molar-refractivity contribution is -0.182. The standard InChI is InChI=1S/C20H23FN6O3/c1-12-14(9-23-10-15(12)21)17-4-7-30-27(17)20(29)13-2-5-26(6-3-13)18-8-16(19(22)28)24-11-25-18/h8-11,13,17H,2-7H2,1H3,(H2,22,28). The molecule has 2 fully saturated rings. The molecule has 158 valence electrons. The maximum absolute atomic E-state index is 13.9. The minimum absolute atomic E-state index is 0.0960. The largest absolute Gasteiger partial charge is 0.364 e. The van der Waals surface area contributed by atoms with Gasteiger partial charge in [0.1, 0.15) is 23.7 Å². The Morgan fingerprint density at radius 3 is 2.70 bits per heavy atom. The maximum atomic E-state index is 13.9. The van der Waals surface area contributed by atoms with Crippen LogP contribution in [0.5, 0.6) is 0 Å². The lowest BCUT2D eigenvalue weighted by Crippen LogP contribution is -2.42. The summed E-state index contributed by atoms with van der Waals surface area (Å²) in [5.41, 5.74) is 6.61. The van der Waals surface area contributed by atoms with Gasteiger partial charge in [-0.2, -0.15) is 0 Å². The molecule has 4 heterocycles. The third-order valence-electron chi connectivity index (χ3n) is 5.75. The third kappa shape index (κ3) is 3.82. The number of carbonyl (C=O) groups excluding carboxylic acids is 2. The van der Waals surface area contributed by atoms with Crippen LogP contribution in [0.1, 0.15) is 46.9 Å². The number of hydrogen-bond donors (Lipinski definition) is 1. The van der Waals surface area contributed by atoms with Gasteiger partial charge in [0.05, 0.1) is 18.8 Å². The van der Waals surface area contributed by atoms with E-state index in [1.54, 1.807) is 19.2 Å². The molecule has 0 radical (unpaired) electrons. The van der Waals surface area contributed by atoms with E-state index in [1.807, 2.05) is 4.90 Å². The molecule has 2 aliphatic rings. The summed E-state index contributed by atoms with van der Waals surface area (Å²) in [6, 6.07) is 1.22. The minimum Gasteiger partial charge on any atom is -0.364 e. The number of piperidine rings is 1. The molecule has 2 amide bonds. The van der Waals surface area contributed by atoms with Gasteiger partial charge in [-0.25, -0.2) is 19.4 Å². The number of carbonyl (C=O) groups is 2. The molecule has 2 saturated heterocycles. The van der Waals surface area contributed by atoms with Gasteiger partial charge in [-0.05, 0) is 25.3 Å². The van der Waals surface area contributed by atoms with Crippen molar-refractivity contribution in [1.82, 2.24) is 20.0 Å². The molecule has 1 unspecified atom stereocenters. The van der Waals surface area contributed by atoms with Crippen LogP contribution < -0.4 is 10.6 Å². The lowest BCUT2D eigenvalue weighted by Gasteiger charge is -2.34. The fourth-order valence-electron chi connectivity index (χ4n) is 4.01. The summed E-state index contributed by atoms with van der Waals surface area (Å²) in [6.45, 7) is 3.30. The fraction of sp³-hybridized carbons (Fsp3) is 0.450. The van der Waals surface area contributed by atoms with Crippen molar-refractivity contribution < 1.29 is 18.8 Å². The first-order valence-electron chi connectivity index (χ1n) is 9.88. The number of rotatable bonds is 4. The molecular weight excluding hydrogens is 391 g/mol. The number of nitrogens with two attached hydrogens (primary N) is 1. The quantitative estimate of drug-likeness (QED) is 0.807. The second-order valence-corrected chi connectivity index (χ2v) is 7.52. The van der Waals surface area contributed by atoms with Crippen molar-refractivity contribution in [2.75, 3.05) is 24.6 Å². The van der Waals surface area contributed by atoms with Crippen molar-refractivity contribution in [1.29, 1.82) is 0 Å². The molecule has 4 rings (SSSR count). The minimum atomic E-state index is -0.608. The van der Waals surface area contributed by atoms with Crippen LogP contribution in [0.2, 0.25) is 0 Å². The average molecular weight is 414 g/mol. The number of pyridine rings is 1. The van der Waals surface area contributed by atoms with E-state index in [4.69, 9.17) is 10.6 Å². The molecule has 0 spiro atoms. The highest BCUT2D eigenvalue weighted by Crippen LogP contribution is 2.35. The highest BCUT2D eigenvalue weighted by Gasteiger charge is 2.38. The zero-order valence-corrected chi connectivity index (χ0v) is 16.6. The van der Waals surface area contributed by atoms with Crippen LogP contribution in [-0.4, -0.2) is 51.5 Å². The first-order valence-corrected chi connectivity index (χ1v) is 9.88. The molecule has 0 aliphatic carbocycles. The summed E-state index contributed by atoms with van der Waals surface area (Å²) < 4.78 is 13.9. The Morgan fingerprint density at radius 2 is 1.97 bits per heavy atom. The van der Waals surface area contributed by atoms with Crippen LogP contribution in [-0.2, 0) is 9.63 Å². The first kappa shape index (κ1) is 20.1. The Labute approximate surface area is 173 Å². The molecule has 0 bridgehead atoms. The maximum Gasteiger partial charge on any atom is 0.267 e. The first-order chi connectivity index (χ1) is 14.5. The van der Waals surface area contributed by atoms with E-state index in [-0.39, 0.29) is 29.4 Å². The zero-order chi connectivity index (χ0) is 21.3. The third-order valence-corrected chi connectivity index (χ3v) is 5.75. The Kier molecular flexibility index (Phi) is 5.58. The van der Waals surface area contributed by atoms with Crippen LogP contribution in [0.4, 0.5) is 10.2 Å². The Balaban J connectivity index is 1.43.